The van der Waals surface area contributed by atoms with Crippen LogP contribution in [0, 0.1) is 46.3 Å². The van der Waals surface area contributed by atoms with Crippen LogP contribution in [0.2, 0.25) is 0 Å². The van der Waals surface area contributed by atoms with Crippen molar-refractivity contribution in [3.8, 4) is 5.88 Å². The second-order valence-electron chi connectivity index (χ2n) is 19.8. The highest BCUT2D eigenvalue weighted by Gasteiger charge is 2.67. The van der Waals surface area contributed by atoms with Gasteiger partial charge in [-0.05, 0) is 87.2 Å². The van der Waals surface area contributed by atoms with Gasteiger partial charge in [-0.3, -0.25) is 23.9 Å². The molecule has 12 nitrogen and oxygen atoms in total. The van der Waals surface area contributed by atoms with Crippen LogP contribution >= 0.6 is 0 Å². The summed E-state index contributed by atoms with van der Waals surface area (Å²) in [7, 11) is -4.25. The van der Waals surface area contributed by atoms with Gasteiger partial charge in [-0.1, -0.05) is 46.2 Å². The zero-order chi connectivity index (χ0) is 43.3. The van der Waals surface area contributed by atoms with E-state index >= 15 is 8.78 Å². The Morgan fingerprint density at radius 1 is 0.983 bits per heavy atom. The zero-order valence-electron chi connectivity index (χ0n) is 34.6. The van der Waals surface area contributed by atoms with Crippen LogP contribution in [-0.2, 0) is 39.9 Å². The van der Waals surface area contributed by atoms with Crippen molar-refractivity contribution < 1.29 is 54.6 Å². The molecule has 2 bridgehead atoms. The number of alkyl halides is 4. The number of carbonyl (C=O) groups is 4. The van der Waals surface area contributed by atoms with Gasteiger partial charge in [-0.25, -0.2) is 27.2 Å². The van der Waals surface area contributed by atoms with E-state index in [1.54, 1.807) is 52.0 Å². The molecule has 328 valence electrons. The number of para-hydroxylation sites is 2. The number of halogens is 4. The van der Waals surface area contributed by atoms with Gasteiger partial charge in [0.1, 0.15) is 12.2 Å². The quantitative estimate of drug-likeness (QED) is 0.233. The highest BCUT2D eigenvalue weighted by molar-refractivity contribution is 7.91. The molecule has 0 spiro atoms. The lowest BCUT2D eigenvalue weighted by Gasteiger charge is -2.35. The number of fused-ring (bicyclic) bond motifs is 7. The van der Waals surface area contributed by atoms with Crippen molar-refractivity contribution in [1.29, 1.82) is 0 Å². The molecule has 5 fully saturated rings. The minimum absolute atomic E-state index is 0.00271. The third kappa shape index (κ3) is 7.77. The third-order valence-electron chi connectivity index (χ3n) is 14.6. The predicted molar refractivity (Wildman–Crippen MR) is 209 cm³/mol. The fourth-order valence-electron chi connectivity index (χ4n) is 10.2. The number of ether oxygens (including phenoxy) is 2. The van der Waals surface area contributed by atoms with Gasteiger partial charge < -0.3 is 14.4 Å². The zero-order valence-corrected chi connectivity index (χ0v) is 35.4. The maximum Gasteiger partial charge on any atom is 0.306 e. The first-order chi connectivity index (χ1) is 28.0. The molecule has 4 saturated carbocycles. The fraction of sp³-hybridized carbons (Fsp3) is 0.721. The van der Waals surface area contributed by atoms with Crippen molar-refractivity contribution in [2.24, 2.45) is 46.3 Å². The first-order valence-corrected chi connectivity index (χ1v) is 22.7. The SMILES string of the molecule is C[C@@H]1[C@@H]2CN(C(=O)[C@H](C(C)(C)C)CC(=O)O[C@@H]3C[C@@H]4C[C@@H]4[C@H]3CCCCC(F)(F)c3nc4ccccc4nc3O2)[C@@H]1C(=O)C[C@]1(C(=O)NS(=O)(=O)C2(C)CC2)C[C@H]1C(F)F. The number of carbonyl (C=O) groups excluding carboxylic acids is 4. The van der Waals surface area contributed by atoms with Crippen LogP contribution in [0.5, 0.6) is 5.88 Å². The highest BCUT2D eigenvalue weighted by Crippen LogP contribution is 2.60. The summed E-state index contributed by atoms with van der Waals surface area (Å²) < 4.78 is 101. The lowest BCUT2D eigenvalue weighted by atomic mass is 9.77. The Kier molecular flexibility index (Phi) is 10.6. The van der Waals surface area contributed by atoms with Crippen molar-refractivity contribution >= 4 is 44.6 Å². The van der Waals surface area contributed by atoms with Crippen LogP contribution < -0.4 is 9.46 Å². The minimum atomic E-state index is -4.25. The van der Waals surface area contributed by atoms with E-state index in [1.165, 1.54) is 11.8 Å². The van der Waals surface area contributed by atoms with Crippen LogP contribution in [0.1, 0.15) is 111 Å². The molecule has 2 aromatic rings. The number of nitrogens with zero attached hydrogens (tertiary/aromatic N) is 3. The predicted octanol–water partition coefficient (Wildman–Crippen LogP) is 6.74. The Labute approximate surface area is 347 Å². The summed E-state index contributed by atoms with van der Waals surface area (Å²) >= 11 is 0. The molecule has 0 unspecified atom stereocenters. The van der Waals surface area contributed by atoms with Crippen molar-refractivity contribution in [3.05, 3.63) is 30.0 Å². The van der Waals surface area contributed by atoms with Crippen LogP contribution in [0.4, 0.5) is 17.6 Å². The summed E-state index contributed by atoms with van der Waals surface area (Å²) in [5, 5.41) is 0. The van der Waals surface area contributed by atoms with Crippen molar-refractivity contribution in [1.82, 2.24) is 19.6 Å². The largest absolute Gasteiger partial charge is 0.471 e. The van der Waals surface area contributed by atoms with E-state index in [1.807, 2.05) is 4.72 Å². The highest BCUT2D eigenvalue weighted by atomic mass is 32.2. The number of ketones is 1. The second-order valence-corrected chi connectivity index (χ2v) is 22.0. The van der Waals surface area contributed by atoms with E-state index in [0.29, 0.717) is 31.1 Å². The third-order valence-corrected chi connectivity index (χ3v) is 16.7. The van der Waals surface area contributed by atoms with Gasteiger partial charge >= 0.3 is 5.97 Å². The molecule has 2 aliphatic heterocycles. The van der Waals surface area contributed by atoms with Crippen molar-refractivity contribution in [2.75, 3.05) is 6.54 Å². The molecule has 3 heterocycles. The van der Waals surface area contributed by atoms with Crippen molar-refractivity contribution in [2.45, 2.75) is 141 Å². The lowest BCUT2D eigenvalue weighted by molar-refractivity contribution is -0.158. The second kappa shape index (κ2) is 14.9. The summed E-state index contributed by atoms with van der Waals surface area (Å²) in [5.74, 6) is -10.1. The molecule has 1 saturated heterocycles. The molecule has 8 rings (SSSR count). The monoisotopic (exact) mass is 862 g/mol. The Morgan fingerprint density at radius 2 is 1.67 bits per heavy atom. The number of amides is 2. The average Bonchev–Trinajstić information content (AvgIpc) is 4.12. The normalized spacial score (nSPS) is 35.0. The standard InChI is InChI=1S/C43H54F4N4O8S/c1-22-32-21-51(34(22)30(52)20-42(19-27(42)36(44)45)39(55)50-60(56,57)41(5)14-15-41)38(54)26(40(2,3)4)18-33(53)58-31-17-23-16-25(23)24(31)10-8-9-13-43(46,47)35-37(59-32)49-29-12-7-6-11-28(29)48-35/h6-7,11-12,22-27,31-32,34,36H,8-10,13-21H2,1-5H3,(H,50,55)/t22-,23+,24-,25+,26-,27+,31-,32+,34+,42-/m1/s1. The number of nitrogens with one attached hydrogen (secondary N) is 1. The first-order valence-electron chi connectivity index (χ1n) is 21.2. The van der Waals surface area contributed by atoms with Gasteiger partial charge in [0.2, 0.25) is 34.1 Å². The lowest BCUT2D eigenvalue weighted by Crippen LogP contribution is -2.50. The number of Topliss-reactive ketones (excluding diaryl/α,β-unsaturated/α-hetero) is 1. The maximum absolute atomic E-state index is 16.4. The average molecular weight is 863 g/mol. The Balaban J connectivity index is 1.17. The number of sulfonamides is 1. The first kappa shape index (κ1) is 42.8. The smallest absolute Gasteiger partial charge is 0.306 e. The van der Waals surface area contributed by atoms with Gasteiger partial charge in [0, 0.05) is 24.7 Å². The fourth-order valence-corrected chi connectivity index (χ4v) is 11.5. The molecular formula is C43H54F4N4O8S. The van der Waals surface area contributed by atoms with E-state index in [4.69, 9.17) is 9.47 Å². The Hall–Kier alpha value is -3.89. The molecule has 1 aromatic carbocycles. The Bertz CT molecular complexity index is 2200. The van der Waals surface area contributed by atoms with E-state index in [-0.39, 0.29) is 49.2 Å². The number of hydrogen-bond donors (Lipinski definition) is 1. The van der Waals surface area contributed by atoms with Crippen LogP contribution in [-0.4, -0.2) is 82.8 Å². The maximum atomic E-state index is 16.4. The van der Waals surface area contributed by atoms with Crippen LogP contribution in [0.25, 0.3) is 11.0 Å². The molecule has 4 aliphatic carbocycles. The van der Waals surface area contributed by atoms with Gasteiger partial charge in [0.15, 0.2) is 11.5 Å². The molecule has 2 amide bonds. The van der Waals surface area contributed by atoms with E-state index < -0.39 is 128 Å². The molecule has 6 aliphatic rings. The summed E-state index contributed by atoms with van der Waals surface area (Å²) in [5.41, 5.74) is -3.15. The van der Waals surface area contributed by atoms with Gasteiger partial charge in [-0.15, -0.1) is 0 Å². The number of hydrogen-bond acceptors (Lipinski definition) is 10. The summed E-state index contributed by atoms with van der Waals surface area (Å²) in [4.78, 5) is 67.1. The molecule has 60 heavy (non-hydrogen) atoms. The van der Waals surface area contributed by atoms with Crippen LogP contribution in [0.3, 0.4) is 0 Å². The van der Waals surface area contributed by atoms with E-state index in [9.17, 15) is 36.4 Å². The summed E-state index contributed by atoms with van der Waals surface area (Å²) in [6, 6.07) is 5.04. The number of rotatable bonds is 7. The van der Waals surface area contributed by atoms with Gasteiger partial charge in [0.05, 0.1) is 46.1 Å². The number of benzene rings is 1. The minimum Gasteiger partial charge on any atom is -0.471 e. The van der Waals surface area contributed by atoms with Crippen molar-refractivity contribution in [3.63, 3.8) is 0 Å². The molecule has 1 aromatic heterocycles. The van der Waals surface area contributed by atoms with Gasteiger partial charge in [0.25, 0.3) is 5.92 Å². The van der Waals surface area contributed by atoms with E-state index in [0.717, 1.165) is 6.42 Å². The molecular weight excluding hydrogens is 809 g/mol. The van der Waals surface area contributed by atoms with E-state index in [2.05, 4.69) is 9.97 Å². The molecule has 0 radical (unpaired) electrons. The number of aromatic nitrogens is 2. The van der Waals surface area contributed by atoms with Crippen LogP contribution in [0.15, 0.2) is 24.3 Å². The van der Waals surface area contributed by atoms with Gasteiger partial charge in [-0.2, -0.15) is 8.78 Å². The summed E-state index contributed by atoms with van der Waals surface area (Å²) in [6.45, 7) is 7.96. The molecule has 17 heteroatoms. The molecule has 1 N–H and O–H groups in total. The summed E-state index contributed by atoms with van der Waals surface area (Å²) in [6.07, 6.45) is -3.38. The topological polar surface area (TPSA) is 162 Å². The molecule has 10 atom stereocenters. The number of esters is 1. The Morgan fingerprint density at radius 3 is 2.30 bits per heavy atom.